The molecule has 1 aromatic rings. The van der Waals surface area contributed by atoms with Crippen molar-refractivity contribution in [3.8, 4) is 0 Å². The fourth-order valence-corrected chi connectivity index (χ4v) is 2.69. The topological polar surface area (TPSA) is 37.3 Å². The third-order valence-electron chi connectivity index (χ3n) is 3.32. The third-order valence-corrected chi connectivity index (χ3v) is 3.32. The van der Waals surface area contributed by atoms with E-state index in [9.17, 15) is 4.79 Å². The van der Waals surface area contributed by atoms with Gasteiger partial charge in [0.05, 0.1) is 5.92 Å². The molecule has 0 aliphatic heterocycles. The number of benzene rings is 1. The molecule has 2 heteroatoms. The van der Waals surface area contributed by atoms with E-state index in [0.717, 1.165) is 6.42 Å². The lowest BCUT2D eigenvalue weighted by atomic mass is 10.0. The first-order valence-electron chi connectivity index (χ1n) is 4.59. The Morgan fingerprint density at radius 3 is 2.92 bits per heavy atom. The molecule has 1 saturated carbocycles. The van der Waals surface area contributed by atoms with Gasteiger partial charge in [-0.2, -0.15) is 0 Å². The molecule has 3 atom stereocenters. The summed E-state index contributed by atoms with van der Waals surface area (Å²) in [4.78, 5) is 10.8. The Bertz CT molecular complexity index is 383. The SMILES string of the molecule is O=C(O)C1[C@H]2Cc3ccccc3[C@@H]12. The molecule has 0 aromatic heterocycles. The van der Waals surface area contributed by atoms with Crippen molar-refractivity contribution in [2.24, 2.45) is 11.8 Å². The highest BCUT2D eigenvalue weighted by atomic mass is 16.4. The minimum atomic E-state index is -0.621. The summed E-state index contributed by atoms with van der Waals surface area (Å²) >= 11 is 0. The Balaban J connectivity index is 1.99. The van der Waals surface area contributed by atoms with Crippen molar-refractivity contribution < 1.29 is 9.90 Å². The molecule has 2 aliphatic rings. The van der Waals surface area contributed by atoms with Gasteiger partial charge in [-0.25, -0.2) is 0 Å². The maximum atomic E-state index is 10.8. The average Bonchev–Trinajstić information content (AvgIpc) is 2.71. The molecule has 1 aromatic carbocycles. The van der Waals surface area contributed by atoms with E-state index >= 15 is 0 Å². The van der Waals surface area contributed by atoms with Crippen LogP contribution in [0.1, 0.15) is 17.0 Å². The van der Waals surface area contributed by atoms with Crippen LogP contribution in [0, 0.1) is 11.8 Å². The predicted octanol–water partition coefficient (Wildman–Crippen LogP) is 1.66. The quantitative estimate of drug-likeness (QED) is 0.703. The Morgan fingerprint density at radius 2 is 2.15 bits per heavy atom. The molecule has 1 N–H and O–H groups in total. The number of fused-ring (bicyclic) bond motifs is 3. The summed E-state index contributed by atoms with van der Waals surface area (Å²) in [5.41, 5.74) is 2.63. The van der Waals surface area contributed by atoms with Crippen LogP contribution in [0.2, 0.25) is 0 Å². The van der Waals surface area contributed by atoms with Gasteiger partial charge in [-0.05, 0) is 23.5 Å². The van der Waals surface area contributed by atoms with E-state index < -0.39 is 5.97 Å². The van der Waals surface area contributed by atoms with Crippen molar-refractivity contribution in [2.75, 3.05) is 0 Å². The number of carboxylic acid groups (broad SMARTS) is 1. The van der Waals surface area contributed by atoms with Crippen LogP contribution >= 0.6 is 0 Å². The summed E-state index contributed by atoms with van der Waals surface area (Å²) in [7, 11) is 0. The Hall–Kier alpha value is -1.31. The van der Waals surface area contributed by atoms with E-state index in [1.54, 1.807) is 0 Å². The van der Waals surface area contributed by atoms with Crippen molar-refractivity contribution in [1.82, 2.24) is 0 Å². The fraction of sp³-hybridized carbons (Fsp3) is 0.364. The maximum absolute atomic E-state index is 10.8. The molecular formula is C11H10O2. The molecule has 0 spiro atoms. The highest BCUT2D eigenvalue weighted by Crippen LogP contribution is 2.61. The molecule has 2 nitrogen and oxygen atoms in total. The fourth-order valence-electron chi connectivity index (χ4n) is 2.69. The summed E-state index contributed by atoms with van der Waals surface area (Å²) in [5, 5.41) is 8.88. The summed E-state index contributed by atoms with van der Waals surface area (Å²) in [5.74, 6) is 0.0167. The Labute approximate surface area is 76.2 Å². The lowest BCUT2D eigenvalue weighted by Gasteiger charge is -2.03. The zero-order chi connectivity index (χ0) is 9.00. The molecule has 0 bridgehead atoms. The van der Waals surface area contributed by atoms with Crippen molar-refractivity contribution >= 4 is 5.97 Å². The number of rotatable bonds is 1. The second-order valence-electron chi connectivity index (χ2n) is 3.96. The van der Waals surface area contributed by atoms with Gasteiger partial charge >= 0.3 is 5.97 Å². The second-order valence-corrected chi connectivity index (χ2v) is 3.96. The zero-order valence-corrected chi connectivity index (χ0v) is 7.10. The minimum Gasteiger partial charge on any atom is -0.481 e. The van der Waals surface area contributed by atoms with Crippen LogP contribution in [0.25, 0.3) is 0 Å². The van der Waals surface area contributed by atoms with Crippen LogP contribution in [0.4, 0.5) is 0 Å². The van der Waals surface area contributed by atoms with E-state index in [-0.39, 0.29) is 5.92 Å². The first kappa shape index (κ1) is 7.13. The monoisotopic (exact) mass is 174 g/mol. The predicted molar refractivity (Wildman–Crippen MR) is 47.5 cm³/mol. The van der Waals surface area contributed by atoms with Crippen LogP contribution in [-0.2, 0) is 11.2 Å². The normalized spacial score (nSPS) is 33.7. The van der Waals surface area contributed by atoms with Gasteiger partial charge in [0.1, 0.15) is 0 Å². The van der Waals surface area contributed by atoms with E-state index in [4.69, 9.17) is 5.11 Å². The van der Waals surface area contributed by atoms with Gasteiger partial charge in [0.25, 0.3) is 0 Å². The molecular weight excluding hydrogens is 164 g/mol. The van der Waals surface area contributed by atoms with Crippen molar-refractivity contribution in [3.05, 3.63) is 35.4 Å². The largest absolute Gasteiger partial charge is 0.481 e. The highest BCUT2D eigenvalue weighted by Gasteiger charge is 2.59. The number of hydrogen-bond acceptors (Lipinski definition) is 1. The van der Waals surface area contributed by atoms with E-state index in [1.165, 1.54) is 11.1 Å². The van der Waals surface area contributed by atoms with Crippen LogP contribution in [0.5, 0.6) is 0 Å². The van der Waals surface area contributed by atoms with Crippen LogP contribution in [0.3, 0.4) is 0 Å². The summed E-state index contributed by atoms with van der Waals surface area (Å²) < 4.78 is 0. The van der Waals surface area contributed by atoms with Gasteiger partial charge in [0.2, 0.25) is 0 Å². The van der Waals surface area contributed by atoms with Crippen LogP contribution in [0.15, 0.2) is 24.3 Å². The lowest BCUT2D eigenvalue weighted by molar-refractivity contribution is -0.139. The molecule has 13 heavy (non-hydrogen) atoms. The van der Waals surface area contributed by atoms with Gasteiger partial charge in [-0.1, -0.05) is 24.3 Å². The van der Waals surface area contributed by atoms with Gasteiger partial charge in [-0.3, -0.25) is 4.79 Å². The van der Waals surface area contributed by atoms with E-state index in [0.29, 0.717) is 11.8 Å². The second kappa shape index (κ2) is 2.13. The first-order valence-corrected chi connectivity index (χ1v) is 4.59. The molecule has 1 fully saturated rings. The molecule has 1 unspecified atom stereocenters. The smallest absolute Gasteiger partial charge is 0.307 e. The maximum Gasteiger partial charge on any atom is 0.307 e. The zero-order valence-electron chi connectivity index (χ0n) is 7.10. The van der Waals surface area contributed by atoms with Gasteiger partial charge in [0, 0.05) is 5.92 Å². The van der Waals surface area contributed by atoms with E-state index in [1.807, 2.05) is 12.1 Å². The number of carbonyl (C=O) groups is 1. The van der Waals surface area contributed by atoms with Gasteiger partial charge in [-0.15, -0.1) is 0 Å². The van der Waals surface area contributed by atoms with Crippen molar-refractivity contribution in [2.45, 2.75) is 12.3 Å². The standard InChI is InChI=1S/C11H10O2/c12-11(13)10-8-5-6-3-1-2-4-7(6)9(8)10/h1-4,8-10H,5H2,(H,12,13)/t8-,9+,10?/m0/s1. The molecule has 3 rings (SSSR count). The molecule has 2 aliphatic carbocycles. The number of carboxylic acids is 1. The number of aliphatic carboxylic acids is 1. The highest BCUT2D eigenvalue weighted by molar-refractivity contribution is 5.77. The van der Waals surface area contributed by atoms with Gasteiger partial charge in [0.15, 0.2) is 0 Å². The van der Waals surface area contributed by atoms with E-state index in [2.05, 4.69) is 12.1 Å². The van der Waals surface area contributed by atoms with Gasteiger partial charge < -0.3 is 5.11 Å². The summed E-state index contributed by atoms with van der Waals surface area (Å²) in [6.45, 7) is 0. The first-order chi connectivity index (χ1) is 6.29. The Kier molecular flexibility index (Phi) is 1.17. The minimum absolute atomic E-state index is 0.0881. The number of hydrogen-bond donors (Lipinski definition) is 1. The molecule has 66 valence electrons. The van der Waals surface area contributed by atoms with Crippen molar-refractivity contribution in [1.29, 1.82) is 0 Å². The van der Waals surface area contributed by atoms with Crippen LogP contribution < -0.4 is 0 Å². The third kappa shape index (κ3) is 0.804. The molecule has 0 amide bonds. The Morgan fingerprint density at radius 1 is 1.38 bits per heavy atom. The average molecular weight is 174 g/mol. The van der Waals surface area contributed by atoms with Crippen molar-refractivity contribution in [3.63, 3.8) is 0 Å². The molecule has 0 radical (unpaired) electrons. The summed E-state index contributed by atoms with van der Waals surface area (Å²) in [6, 6.07) is 8.21. The molecule has 0 saturated heterocycles. The lowest BCUT2D eigenvalue weighted by Crippen LogP contribution is -2.04. The summed E-state index contributed by atoms with van der Waals surface area (Å²) in [6.07, 6.45) is 0.970. The van der Waals surface area contributed by atoms with Crippen LogP contribution in [-0.4, -0.2) is 11.1 Å². The molecule has 0 heterocycles.